The number of allylic oxidation sites excluding steroid dienone is 4. The maximum Gasteiger partial charge on any atom is 0.230 e. The Morgan fingerprint density at radius 2 is 1.90 bits per heavy atom. The van der Waals surface area contributed by atoms with Crippen molar-refractivity contribution < 1.29 is 4.79 Å². The Balaban J connectivity index is 1.70. The molecule has 3 aliphatic rings. The van der Waals surface area contributed by atoms with E-state index < -0.39 is 0 Å². The van der Waals surface area contributed by atoms with Crippen LogP contribution in [0.25, 0.3) is 0 Å². The normalized spacial score (nSPS) is 25.5. The minimum absolute atomic E-state index is 0.127. The molecule has 0 aromatic heterocycles. The van der Waals surface area contributed by atoms with E-state index in [2.05, 4.69) is 5.32 Å². The van der Waals surface area contributed by atoms with Crippen LogP contribution in [0.3, 0.4) is 0 Å². The van der Waals surface area contributed by atoms with Gasteiger partial charge < -0.3 is 5.32 Å². The molecule has 0 aromatic carbocycles. The summed E-state index contributed by atoms with van der Waals surface area (Å²) in [5.74, 6) is 1.01. The van der Waals surface area contributed by atoms with E-state index in [1.807, 2.05) is 6.08 Å². The van der Waals surface area contributed by atoms with Gasteiger partial charge in [-0.25, -0.2) is 0 Å². The highest BCUT2D eigenvalue weighted by Gasteiger charge is 2.43. The third-order valence-electron chi connectivity index (χ3n) is 5.12. The fourth-order valence-electron chi connectivity index (χ4n) is 3.67. The molecule has 0 unspecified atom stereocenters. The molecule has 2 saturated carbocycles. The Bertz CT molecular complexity index is 485. The summed E-state index contributed by atoms with van der Waals surface area (Å²) in [6.45, 7) is 0. The predicted octanol–water partition coefficient (Wildman–Crippen LogP) is 5.22. The second-order valence-electron chi connectivity index (χ2n) is 6.87. The van der Waals surface area contributed by atoms with Gasteiger partial charge in [0.15, 0.2) is 0 Å². The smallest absolute Gasteiger partial charge is 0.230 e. The third-order valence-corrected chi connectivity index (χ3v) is 5.94. The van der Waals surface area contributed by atoms with Crippen LogP contribution < -0.4 is 5.32 Å². The largest absolute Gasteiger partial charge is 0.329 e. The van der Waals surface area contributed by atoms with E-state index in [4.69, 9.17) is 23.2 Å². The standard InChI is InChI=1S/C17H23Cl2NO/c18-14-7-6-13(10-15(14)19)20-16(21)17(11-12-4-5-12)8-2-1-3-9-17/h10,12H,1-9,11H2,(H,20,21). The van der Waals surface area contributed by atoms with Gasteiger partial charge in [0, 0.05) is 16.1 Å². The lowest BCUT2D eigenvalue weighted by molar-refractivity contribution is -0.133. The molecular weight excluding hydrogens is 305 g/mol. The summed E-state index contributed by atoms with van der Waals surface area (Å²) in [6, 6.07) is 0. The van der Waals surface area contributed by atoms with E-state index in [1.54, 1.807) is 0 Å². The molecule has 116 valence electrons. The van der Waals surface area contributed by atoms with Gasteiger partial charge in [0.05, 0.1) is 5.03 Å². The van der Waals surface area contributed by atoms with Crippen molar-refractivity contribution in [2.24, 2.45) is 11.3 Å². The molecule has 1 N–H and O–H groups in total. The Hall–Kier alpha value is -0.470. The monoisotopic (exact) mass is 327 g/mol. The first kappa shape index (κ1) is 15.4. The molecule has 0 saturated heterocycles. The molecule has 3 aliphatic carbocycles. The molecule has 4 heteroatoms. The maximum absolute atomic E-state index is 12.9. The van der Waals surface area contributed by atoms with Gasteiger partial charge in [-0.1, -0.05) is 55.3 Å². The van der Waals surface area contributed by atoms with Gasteiger partial charge in [0.2, 0.25) is 5.91 Å². The Labute approximate surface area is 136 Å². The average molecular weight is 328 g/mol. The number of rotatable bonds is 4. The third kappa shape index (κ3) is 3.65. The topological polar surface area (TPSA) is 29.1 Å². The number of carbonyl (C=O) groups excluding carboxylic acids is 1. The number of hydrogen-bond donors (Lipinski definition) is 1. The van der Waals surface area contributed by atoms with Gasteiger partial charge >= 0.3 is 0 Å². The first-order valence-electron chi connectivity index (χ1n) is 8.15. The molecule has 3 rings (SSSR count). The highest BCUT2D eigenvalue weighted by molar-refractivity contribution is 6.40. The Morgan fingerprint density at radius 3 is 2.52 bits per heavy atom. The van der Waals surface area contributed by atoms with Crippen molar-refractivity contribution in [2.75, 3.05) is 0 Å². The number of carbonyl (C=O) groups is 1. The lowest BCUT2D eigenvalue weighted by Crippen LogP contribution is -2.42. The van der Waals surface area contributed by atoms with Crippen LogP contribution in [0.2, 0.25) is 0 Å². The van der Waals surface area contributed by atoms with E-state index >= 15 is 0 Å². The lowest BCUT2D eigenvalue weighted by Gasteiger charge is -2.36. The number of nitrogens with one attached hydrogen (secondary N) is 1. The zero-order chi connectivity index (χ0) is 14.9. The quantitative estimate of drug-likeness (QED) is 0.753. The van der Waals surface area contributed by atoms with Crippen molar-refractivity contribution in [3.05, 3.63) is 21.8 Å². The summed E-state index contributed by atoms with van der Waals surface area (Å²) in [5, 5.41) is 4.42. The van der Waals surface area contributed by atoms with Crippen molar-refractivity contribution in [2.45, 2.75) is 64.2 Å². The molecule has 2 nitrogen and oxygen atoms in total. The van der Waals surface area contributed by atoms with Crippen LogP contribution in [0.1, 0.15) is 64.2 Å². The fraction of sp³-hybridized carbons (Fsp3) is 0.706. The first-order valence-corrected chi connectivity index (χ1v) is 8.91. The Morgan fingerprint density at radius 1 is 1.19 bits per heavy atom. The van der Waals surface area contributed by atoms with Crippen LogP contribution in [0.4, 0.5) is 0 Å². The van der Waals surface area contributed by atoms with Crippen molar-refractivity contribution in [1.29, 1.82) is 0 Å². The second kappa shape index (κ2) is 6.34. The molecule has 21 heavy (non-hydrogen) atoms. The zero-order valence-corrected chi connectivity index (χ0v) is 13.9. The van der Waals surface area contributed by atoms with Crippen molar-refractivity contribution in [1.82, 2.24) is 5.32 Å². The highest BCUT2D eigenvalue weighted by Crippen LogP contribution is 2.48. The van der Waals surface area contributed by atoms with Gasteiger partial charge in [-0.05, 0) is 44.1 Å². The van der Waals surface area contributed by atoms with Gasteiger partial charge in [0.1, 0.15) is 0 Å². The van der Waals surface area contributed by atoms with Crippen LogP contribution in [-0.2, 0) is 4.79 Å². The van der Waals surface area contributed by atoms with Gasteiger partial charge in [-0.2, -0.15) is 0 Å². The number of hydrogen-bond acceptors (Lipinski definition) is 1. The van der Waals surface area contributed by atoms with Crippen LogP contribution in [0.15, 0.2) is 21.8 Å². The molecule has 2 fully saturated rings. The van der Waals surface area contributed by atoms with Crippen LogP contribution >= 0.6 is 23.2 Å². The van der Waals surface area contributed by atoms with Gasteiger partial charge in [-0.15, -0.1) is 0 Å². The second-order valence-corrected chi connectivity index (χ2v) is 7.73. The van der Waals surface area contributed by atoms with Crippen molar-refractivity contribution in [3.63, 3.8) is 0 Å². The van der Waals surface area contributed by atoms with Crippen LogP contribution in [-0.4, -0.2) is 5.91 Å². The maximum atomic E-state index is 12.9. The van der Waals surface area contributed by atoms with Crippen LogP contribution in [0, 0.1) is 11.3 Å². The van der Waals surface area contributed by atoms with Crippen LogP contribution in [0.5, 0.6) is 0 Å². The number of halogens is 2. The summed E-state index contributed by atoms with van der Waals surface area (Å²) < 4.78 is 0. The average Bonchev–Trinajstić information content (AvgIpc) is 3.28. The molecule has 0 spiro atoms. The summed E-state index contributed by atoms with van der Waals surface area (Å²) in [4.78, 5) is 12.9. The SMILES string of the molecule is O=C(NC1=CC(Cl)=C(Cl)CC1)C1(CC2CC2)CCCCC1. The number of amides is 1. The summed E-state index contributed by atoms with van der Waals surface area (Å²) in [5.41, 5.74) is 0.799. The lowest BCUT2D eigenvalue weighted by atomic mass is 9.70. The van der Waals surface area contributed by atoms with Crippen molar-refractivity contribution in [3.8, 4) is 0 Å². The summed E-state index contributed by atoms with van der Waals surface area (Å²) in [7, 11) is 0. The van der Waals surface area contributed by atoms with E-state index in [0.717, 1.165) is 43.7 Å². The first-order chi connectivity index (χ1) is 10.1. The minimum Gasteiger partial charge on any atom is -0.329 e. The molecule has 1 amide bonds. The van der Waals surface area contributed by atoms with Gasteiger partial charge in [-0.3, -0.25) is 4.79 Å². The molecule has 0 bridgehead atoms. The molecule has 0 heterocycles. The molecule has 0 aromatic rings. The molecular formula is C17H23Cl2NO. The fourth-order valence-corrected chi connectivity index (χ4v) is 4.05. The van der Waals surface area contributed by atoms with E-state index in [-0.39, 0.29) is 11.3 Å². The van der Waals surface area contributed by atoms with E-state index in [0.29, 0.717) is 10.1 Å². The van der Waals surface area contributed by atoms with Gasteiger partial charge in [0.25, 0.3) is 0 Å². The zero-order valence-electron chi connectivity index (χ0n) is 12.4. The Kier molecular flexibility index (Phi) is 4.66. The van der Waals surface area contributed by atoms with Crippen molar-refractivity contribution >= 4 is 29.1 Å². The molecule has 0 aliphatic heterocycles. The predicted molar refractivity (Wildman–Crippen MR) is 87.1 cm³/mol. The summed E-state index contributed by atoms with van der Waals surface area (Å²) >= 11 is 12.1. The molecule has 0 radical (unpaired) electrons. The summed E-state index contributed by atoms with van der Waals surface area (Å²) in [6.07, 6.45) is 12.8. The minimum atomic E-state index is -0.127. The molecule has 0 atom stereocenters. The van der Waals surface area contributed by atoms with E-state index in [9.17, 15) is 4.79 Å². The van der Waals surface area contributed by atoms with E-state index in [1.165, 1.54) is 32.1 Å². The highest BCUT2D eigenvalue weighted by atomic mass is 35.5.